The lowest BCUT2D eigenvalue weighted by Crippen LogP contribution is -1.99. The molecule has 1 aromatic heterocycles. The molecule has 0 aliphatic heterocycles. The lowest BCUT2D eigenvalue weighted by Gasteiger charge is -2.07. The first-order chi connectivity index (χ1) is 10.7. The molecule has 0 amide bonds. The minimum Gasteiger partial charge on any atom is -0.343 e. The summed E-state index contributed by atoms with van der Waals surface area (Å²) >= 11 is 3.49. The van der Waals surface area contributed by atoms with E-state index in [0.29, 0.717) is 5.56 Å². The lowest BCUT2D eigenvalue weighted by atomic mass is 10.1. The van der Waals surface area contributed by atoms with Crippen molar-refractivity contribution in [1.29, 1.82) is 5.41 Å². The van der Waals surface area contributed by atoms with Gasteiger partial charge in [-0.3, -0.25) is 5.41 Å². The number of halogens is 1. The van der Waals surface area contributed by atoms with Crippen LogP contribution in [0.3, 0.4) is 0 Å². The Balaban J connectivity index is 1.94. The summed E-state index contributed by atoms with van der Waals surface area (Å²) in [5.41, 5.74) is 3.03. The number of nitrogens with one attached hydrogen (secondary N) is 1. The highest BCUT2D eigenvalue weighted by Gasteiger charge is 2.06. The number of rotatable bonds is 3. The maximum absolute atomic E-state index is 7.76. The lowest BCUT2D eigenvalue weighted by molar-refractivity contribution is 0.836. The Labute approximate surface area is 136 Å². The number of nitrogens with two attached hydrogens (primary N) is 1. The van der Waals surface area contributed by atoms with E-state index in [1.54, 1.807) is 0 Å². The Kier molecular flexibility index (Phi) is 4.02. The van der Waals surface area contributed by atoms with Crippen molar-refractivity contribution in [3.05, 3.63) is 70.3 Å². The van der Waals surface area contributed by atoms with E-state index in [4.69, 9.17) is 11.3 Å². The van der Waals surface area contributed by atoms with Gasteiger partial charge in [0, 0.05) is 33.7 Å². The van der Waals surface area contributed by atoms with E-state index in [1.807, 2.05) is 42.6 Å². The van der Waals surface area contributed by atoms with E-state index >= 15 is 0 Å². The molecule has 0 bridgehead atoms. The number of fused-ring (bicyclic) bond motifs is 1. The summed E-state index contributed by atoms with van der Waals surface area (Å²) in [6.45, 7) is 0.794. The highest BCUT2D eigenvalue weighted by atomic mass is 79.9. The molecule has 0 aliphatic rings. The van der Waals surface area contributed by atoms with Crippen LogP contribution < -0.4 is 5.84 Å². The Hall–Kier alpha value is -2.47. The van der Waals surface area contributed by atoms with Crippen LogP contribution in [0.1, 0.15) is 11.1 Å². The molecule has 3 N–H and O–H groups in total. The fourth-order valence-corrected chi connectivity index (χ4v) is 2.88. The molecule has 0 fully saturated rings. The van der Waals surface area contributed by atoms with Crippen molar-refractivity contribution in [3.8, 4) is 0 Å². The standard InChI is InChI=1S/C16H14BrN5/c17-14-3-1-2-11(8-14)10-22-7-6-12-9-13(4-5-15(12)22)16(18)20-21-19/h1-9H,10H2,(H3,18,19,20). The van der Waals surface area contributed by atoms with Crippen LogP contribution in [-0.4, -0.2) is 10.4 Å². The van der Waals surface area contributed by atoms with E-state index in [2.05, 4.69) is 43.0 Å². The fraction of sp³-hybridized carbons (Fsp3) is 0.0625. The molecule has 0 radical (unpaired) electrons. The first-order valence-corrected chi connectivity index (χ1v) is 7.50. The SMILES string of the molecule is N=C(N=NN)c1ccc2c(ccn2Cc2cccc(Br)c2)c1. The zero-order valence-electron chi connectivity index (χ0n) is 11.7. The van der Waals surface area contributed by atoms with Crippen LogP contribution in [-0.2, 0) is 6.54 Å². The summed E-state index contributed by atoms with van der Waals surface area (Å²) < 4.78 is 3.25. The zero-order chi connectivity index (χ0) is 15.5. The van der Waals surface area contributed by atoms with Gasteiger partial charge in [0.25, 0.3) is 0 Å². The van der Waals surface area contributed by atoms with E-state index in [9.17, 15) is 0 Å². The van der Waals surface area contributed by atoms with Gasteiger partial charge in [0.05, 0.1) is 0 Å². The first-order valence-electron chi connectivity index (χ1n) is 6.70. The number of nitrogens with zero attached hydrogens (tertiary/aromatic N) is 3. The molecule has 6 heteroatoms. The van der Waals surface area contributed by atoms with Gasteiger partial charge < -0.3 is 10.4 Å². The van der Waals surface area contributed by atoms with E-state index in [0.717, 1.165) is 21.9 Å². The summed E-state index contributed by atoms with van der Waals surface area (Å²) in [6, 6.07) is 16.1. The van der Waals surface area contributed by atoms with Crippen molar-refractivity contribution in [2.24, 2.45) is 16.2 Å². The molecule has 22 heavy (non-hydrogen) atoms. The number of amidine groups is 1. The minimum atomic E-state index is 0.0594. The van der Waals surface area contributed by atoms with Gasteiger partial charge in [0.2, 0.25) is 0 Å². The van der Waals surface area contributed by atoms with Gasteiger partial charge in [-0.25, -0.2) is 0 Å². The summed E-state index contributed by atoms with van der Waals surface area (Å²) in [4.78, 5) is 0. The number of benzene rings is 2. The van der Waals surface area contributed by atoms with Gasteiger partial charge in [0.15, 0.2) is 5.84 Å². The van der Waals surface area contributed by atoms with Gasteiger partial charge in [-0.05, 0) is 42.0 Å². The molecule has 1 heterocycles. The third-order valence-corrected chi connectivity index (χ3v) is 3.94. The Morgan fingerprint density at radius 3 is 2.82 bits per heavy atom. The molecule has 0 spiro atoms. The topological polar surface area (TPSA) is 79.5 Å². The van der Waals surface area contributed by atoms with Crippen molar-refractivity contribution >= 4 is 32.7 Å². The highest BCUT2D eigenvalue weighted by Crippen LogP contribution is 2.20. The maximum atomic E-state index is 7.76. The Bertz CT molecular complexity index is 866. The minimum absolute atomic E-state index is 0.0594. The zero-order valence-corrected chi connectivity index (χ0v) is 13.3. The van der Waals surface area contributed by atoms with Crippen LogP contribution in [0, 0.1) is 5.41 Å². The van der Waals surface area contributed by atoms with Crippen molar-refractivity contribution in [2.75, 3.05) is 0 Å². The van der Waals surface area contributed by atoms with Gasteiger partial charge in [-0.1, -0.05) is 33.3 Å². The summed E-state index contributed by atoms with van der Waals surface area (Å²) in [5.74, 6) is 5.05. The van der Waals surface area contributed by atoms with Crippen LogP contribution in [0.15, 0.2) is 69.5 Å². The smallest absolute Gasteiger partial charge is 0.176 e. The molecule has 0 saturated heterocycles. The van der Waals surface area contributed by atoms with Crippen LogP contribution in [0.5, 0.6) is 0 Å². The average molecular weight is 356 g/mol. The molecule has 0 atom stereocenters. The van der Waals surface area contributed by atoms with Crippen LogP contribution in [0.2, 0.25) is 0 Å². The summed E-state index contributed by atoms with van der Waals surface area (Å²) in [7, 11) is 0. The third kappa shape index (κ3) is 2.92. The monoisotopic (exact) mass is 355 g/mol. The third-order valence-electron chi connectivity index (χ3n) is 3.44. The van der Waals surface area contributed by atoms with Gasteiger partial charge >= 0.3 is 0 Å². The molecule has 0 saturated carbocycles. The van der Waals surface area contributed by atoms with Crippen LogP contribution in [0.25, 0.3) is 10.9 Å². The molecular weight excluding hydrogens is 342 g/mol. The largest absolute Gasteiger partial charge is 0.343 e. The highest BCUT2D eigenvalue weighted by molar-refractivity contribution is 9.10. The van der Waals surface area contributed by atoms with Crippen molar-refractivity contribution < 1.29 is 0 Å². The Morgan fingerprint density at radius 1 is 1.18 bits per heavy atom. The molecule has 2 aromatic carbocycles. The van der Waals surface area contributed by atoms with Gasteiger partial charge in [-0.15, -0.1) is 5.11 Å². The average Bonchev–Trinajstić information content (AvgIpc) is 2.90. The number of hydrogen-bond acceptors (Lipinski definition) is 2. The van der Waals surface area contributed by atoms with Crippen molar-refractivity contribution in [2.45, 2.75) is 6.54 Å². The predicted octanol–water partition coefficient (Wildman–Crippen LogP) is 4.10. The first kappa shape index (κ1) is 14.5. The van der Waals surface area contributed by atoms with Crippen molar-refractivity contribution in [3.63, 3.8) is 0 Å². The predicted molar refractivity (Wildman–Crippen MR) is 91.1 cm³/mol. The van der Waals surface area contributed by atoms with E-state index in [-0.39, 0.29) is 5.84 Å². The summed E-state index contributed by atoms with van der Waals surface area (Å²) in [5, 5.41) is 15.5. The molecule has 3 rings (SSSR count). The maximum Gasteiger partial charge on any atom is 0.176 e. The second-order valence-electron chi connectivity index (χ2n) is 4.91. The number of hydrogen-bond donors (Lipinski definition) is 2. The van der Waals surface area contributed by atoms with Crippen LogP contribution >= 0.6 is 15.9 Å². The molecule has 0 unspecified atom stereocenters. The Morgan fingerprint density at radius 2 is 2.05 bits per heavy atom. The fourth-order valence-electron chi connectivity index (χ4n) is 2.43. The molecule has 0 aliphatic carbocycles. The quantitative estimate of drug-likeness (QED) is 0.239. The summed E-state index contributed by atoms with van der Waals surface area (Å²) in [6.07, 6.45) is 2.05. The second-order valence-corrected chi connectivity index (χ2v) is 5.83. The normalized spacial score (nSPS) is 11.3. The molecule has 3 aromatic rings. The van der Waals surface area contributed by atoms with Crippen LogP contribution in [0.4, 0.5) is 0 Å². The molecular formula is C16H14BrN5. The molecule has 110 valence electrons. The van der Waals surface area contributed by atoms with Gasteiger partial charge in [0.1, 0.15) is 0 Å². The molecule has 5 nitrogen and oxygen atoms in total. The van der Waals surface area contributed by atoms with E-state index in [1.165, 1.54) is 5.56 Å². The van der Waals surface area contributed by atoms with Gasteiger partial charge in [-0.2, -0.15) is 0 Å². The second kappa shape index (κ2) is 6.11. The van der Waals surface area contributed by atoms with E-state index < -0.39 is 0 Å². The van der Waals surface area contributed by atoms with Crippen molar-refractivity contribution in [1.82, 2.24) is 4.57 Å². The number of aromatic nitrogens is 1.